The first-order valence-electron chi connectivity index (χ1n) is 11.4. The van der Waals surface area contributed by atoms with Gasteiger partial charge in [-0.15, -0.1) is 0 Å². The minimum Gasteiger partial charge on any atom is -0.492 e. The van der Waals surface area contributed by atoms with Crippen molar-refractivity contribution >= 4 is 10.0 Å². The van der Waals surface area contributed by atoms with Gasteiger partial charge in [0.15, 0.2) is 11.6 Å². The Balaban J connectivity index is 1.30. The molecule has 6 nitrogen and oxygen atoms in total. The third kappa shape index (κ3) is 5.08. The van der Waals surface area contributed by atoms with Crippen LogP contribution in [0.4, 0.5) is 4.39 Å². The maximum Gasteiger partial charge on any atom is 0.246 e. The van der Waals surface area contributed by atoms with Crippen molar-refractivity contribution in [2.45, 2.75) is 49.6 Å². The molecule has 0 aromatic heterocycles. The highest BCUT2D eigenvalue weighted by molar-refractivity contribution is 7.89. The molecular formula is C24H31FN2O4S. The molecule has 2 fully saturated rings. The normalized spacial score (nSPS) is 19.7. The molecule has 2 heterocycles. The molecule has 8 heteroatoms. The number of sulfonamides is 1. The van der Waals surface area contributed by atoms with Gasteiger partial charge < -0.3 is 14.4 Å². The Morgan fingerprint density at radius 1 is 0.906 bits per heavy atom. The SMILES string of the molecule is CCOc1ccccc1S(=O)(=O)N1CCC(N2CCC(Oc3ccccc3F)CC2)CC1. The number of halogens is 1. The van der Waals surface area contributed by atoms with Crippen LogP contribution in [0.25, 0.3) is 0 Å². The zero-order valence-electron chi connectivity index (χ0n) is 18.5. The van der Waals surface area contributed by atoms with Gasteiger partial charge >= 0.3 is 0 Å². The van der Waals surface area contributed by atoms with Crippen LogP contribution in [0.3, 0.4) is 0 Å². The second-order valence-corrected chi connectivity index (χ2v) is 10.2. The van der Waals surface area contributed by atoms with Crippen LogP contribution in [0.5, 0.6) is 11.5 Å². The molecule has 2 saturated heterocycles. The first kappa shape index (κ1) is 23.0. The van der Waals surface area contributed by atoms with E-state index >= 15 is 0 Å². The fraction of sp³-hybridized carbons (Fsp3) is 0.500. The summed E-state index contributed by atoms with van der Waals surface area (Å²) in [5.41, 5.74) is 0. The molecule has 0 amide bonds. The molecule has 32 heavy (non-hydrogen) atoms. The summed E-state index contributed by atoms with van der Waals surface area (Å²) >= 11 is 0. The summed E-state index contributed by atoms with van der Waals surface area (Å²) in [5, 5.41) is 0. The fourth-order valence-corrected chi connectivity index (χ4v) is 6.20. The lowest BCUT2D eigenvalue weighted by atomic mass is 10.00. The van der Waals surface area contributed by atoms with Crippen molar-refractivity contribution in [3.63, 3.8) is 0 Å². The minimum absolute atomic E-state index is 0.0127. The lowest BCUT2D eigenvalue weighted by Gasteiger charge is -2.41. The molecule has 0 radical (unpaired) electrons. The number of ether oxygens (including phenoxy) is 2. The molecule has 0 spiro atoms. The molecule has 2 aromatic rings. The van der Waals surface area contributed by atoms with E-state index in [9.17, 15) is 12.8 Å². The second kappa shape index (κ2) is 10.2. The Morgan fingerprint density at radius 3 is 2.19 bits per heavy atom. The molecule has 0 bridgehead atoms. The first-order chi connectivity index (χ1) is 15.5. The number of piperidine rings is 2. The number of hydrogen-bond donors (Lipinski definition) is 0. The number of para-hydroxylation sites is 2. The highest BCUT2D eigenvalue weighted by atomic mass is 32.2. The van der Waals surface area contributed by atoms with Gasteiger partial charge in [-0.25, -0.2) is 12.8 Å². The fourth-order valence-electron chi connectivity index (χ4n) is 4.60. The average molecular weight is 463 g/mol. The molecule has 0 atom stereocenters. The lowest BCUT2D eigenvalue weighted by Crippen LogP contribution is -2.50. The second-order valence-electron chi connectivity index (χ2n) is 8.30. The van der Waals surface area contributed by atoms with E-state index in [0.717, 1.165) is 38.8 Å². The van der Waals surface area contributed by atoms with Crippen LogP contribution in [-0.4, -0.2) is 62.6 Å². The van der Waals surface area contributed by atoms with Gasteiger partial charge in [0.25, 0.3) is 0 Å². The average Bonchev–Trinajstić information content (AvgIpc) is 2.82. The highest BCUT2D eigenvalue weighted by Gasteiger charge is 2.34. The largest absolute Gasteiger partial charge is 0.492 e. The molecule has 174 valence electrons. The van der Waals surface area contributed by atoms with Crippen molar-refractivity contribution in [1.82, 2.24) is 9.21 Å². The number of likely N-dealkylation sites (tertiary alicyclic amines) is 1. The van der Waals surface area contributed by atoms with Gasteiger partial charge in [-0.05, 0) is 56.9 Å². The van der Waals surface area contributed by atoms with Crippen LogP contribution >= 0.6 is 0 Å². The van der Waals surface area contributed by atoms with Crippen molar-refractivity contribution in [2.24, 2.45) is 0 Å². The molecule has 0 aliphatic carbocycles. The minimum atomic E-state index is -3.58. The Bertz CT molecular complexity index is 1000. The van der Waals surface area contributed by atoms with Gasteiger partial charge in [0.1, 0.15) is 16.7 Å². The quantitative estimate of drug-likeness (QED) is 0.624. The third-order valence-electron chi connectivity index (χ3n) is 6.31. The van der Waals surface area contributed by atoms with Crippen LogP contribution in [-0.2, 0) is 10.0 Å². The van der Waals surface area contributed by atoms with Crippen molar-refractivity contribution in [3.05, 3.63) is 54.3 Å². The standard InChI is InChI=1S/C24H31FN2O4S/c1-2-30-23-9-5-6-10-24(23)32(28,29)27-17-11-19(12-18-27)26-15-13-20(14-16-26)31-22-8-4-3-7-21(22)25/h3-10,19-20H,2,11-18H2,1H3. The zero-order valence-corrected chi connectivity index (χ0v) is 19.3. The monoisotopic (exact) mass is 462 g/mol. The zero-order chi connectivity index (χ0) is 22.6. The maximum absolute atomic E-state index is 13.8. The van der Waals surface area contributed by atoms with E-state index in [4.69, 9.17) is 9.47 Å². The summed E-state index contributed by atoms with van der Waals surface area (Å²) in [6.45, 7) is 5.02. The number of hydrogen-bond acceptors (Lipinski definition) is 5. The maximum atomic E-state index is 13.8. The molecule has 0 unspecified atom stereocenters. The van der Waals surface area contributed by atoms with E-state index in [0.29, 0.717) is 37.2 Å². The van der Waals surface area contributed by atoms with Crippen molar-refractivity contribution in [2.75, 3.05) is 32.8 Å². The van der Waals surface area contributed by atoms with Crippen LogP contribution < -0.4 is 9.47 Å². The topological polar surface area (TPSA) is 59.1 Å². The van der Waals surface area contributed by atoms with E-state index in [1.807, 2.05) is 6.92 Å². The van der Waals surface area contributed by atoms with Crippen molar-refractivity contribution in [3.8, 4) is 11.5 Å². The lowest BCUT2D eigenvalue weighted by molar-refractivity contribution is 0.0567. The van der Waals surface area contributed by atoms with Gasteiger partial charge in [0, 0.05) is 32.2 Å². The van der Waals surface area contributed by atoms with E-state index < -0.39 is 10.0 Å². The van der Waals surface area contributed by atoms with Crippen LogP contribution in [0, 0.1) is 5.82 Å². The summed E-state index contributed by atoms with van der Waals surface area (Å²) in [5.74, 6) is 0.403. The summed E-state index contributed by atoms with van der Waals surface area (Å²) in [6.07, 6.45) is 3.30. The molecule has 0 saturated carbocycles. The first-order valence-corrected chi connectivity index (χ1v) is 12.8. The predicted molar refractivity (Wildman–Crippen MR) is 121 cm³/mol. The molecule has 0 N–H and O–H groups in total. The van der Waals surface area contributed by atoms with E-state index in [-0.39, 0.29) is 16.8 Å². The molecule has 2 aliphatic rings. The van der Waals surface area contributed by atoms with Gasteiger partial charge in [0.05, 0.1) is 6.61 Å². The van der Waals surface area contributed by atoms with E-state index in [1.165, 1.54) is 6.07 Å². The smallest absolute Gasteiger partial charge is 0.246 e. The van der Waals surface area contributed by atoms with Gasteiger partial charge in [-0.1, -0.05) is 24.3 Å². The molecule has 2 aliphatic heterocycles. The van der Waals surface area contributed by atoms with Gasteiger partial charge in [0.2, 0.25) is 10.0 Å². The van der Waals surface area contributed by atoms with Gasteiger partial charge in [-0.2, -0.15) is 4.31 Å². The van der Waals surface area contributed by atoms with Gasteiger partial charge in [-0.3, -0.25) is 0 Å². The van der Waals surface area contributed by atoms with Crippen LogP contribution in [0.2, 0.25) is 0 Å². The summed E-state index contributed by atoms with van der Waals surface area (Å²) in [4.78, 5) is 2.67. The van der Waals surface area contributed by atoms with E-state index in [1.54, 1.807) is 46.8 Å². The Morgan fingerprint density at radius 2 is 1.53 bits per heavy atom. The number of benzene rings is 2. The Labute approximate surface area is 190 Å². The van der Waals surface area contributed by atoms with Crippen molar-refractivity contribution < 1.29 is 22.3 Å². The summed E-state index contributed by atoms with van der Waals surface area (Å²) in [7, 11) is -3.58. The molecule has 4 rings (SSSR count). The van der Waals surface area contributed by atoms with E-state index in [2.05, 4.69) is 4.90 Å². The number of rotatable bonds is 7. The summed E-state index contributed by atoms with van der Waals surface area (Å²) in [6, 6.07) is 13.7. The predicted octanol–water partition coefficient (Wildman–Crippen LogP) is 3.92. The Kier molecular flexibility index (Phi) is 7.33. The highest BCUT2D eigenvalue weighted by Crippen LogP contribution is 2.30. The van der Waals surface area contributed by atoms with Crippen LogP contribution in [0.1, 0.15) is 32.6 Å². The Hall–Kier alpha value is -2.16. The summed E-state index contributed by atoms with van der Waals surface area (Å²) < 4.78 is 53.2. The van der Waals surface area contributed by atoms with Crippen LogP contribution in [0.15, 0.2) is 53.4 Å². The third-order valence-corrected chi connectivity index (χ3v) is 8.25. The molecule has 2 aromatic carbocycles. The molecular weight excluding hydrogens is 431 g/mol. The van der Waals surface area contributed by atoms with Crippen molar-refractivity contribution in [1.29, 1.82) is 0 Å². The number of nitrogens with zero attached hydrogens (tertiary/aromatic N) is 2.